The summed E-state index contributed by atoms with van der Waals surface area (Å²) in [6.45, 7) is 0.331. The molecule has 0 saturated carbocycles. The Bertz CT molecular complexity index is 976. The van der Waals surface area contributed by atoms with E-state index in [9.17, 15) is 14.0 Å². The summed E-state index contributed by atoms with van der Waals surface area (Å²) < 4.78 is 13.3. The minimum Gasteiger partial charge on any atom is -0.352 e. The topological polar surface area (TPSA) is 61.4 Å². The van der Waals surface area contributed by atoms with Crippen LogP contribution in [0.25, 0.3) is 0 Å². The second-order valence-corrected chi connectivity index (χ2v) is 8.42. The lowest BCUT2D eigenvalue weighted by Crippen LogP contribution is -2.49. The largest absolute Gasteiger partial charge is 0.352 e. The first-order chi connectivity index (χ1) is 14.9. The Labute approximate surface area is 185 Å². The second-order valence-electron chi connectivity index (χ2n) is 7.47. The highest BCUT2D eigenvalue weighted by Crippen LogP contribution is 2.18. The number of amides is 2. The average Bonchev–Trinajstić information content (AvgIpc) is 3.30. The third-order valence-electron chi connectivity index (χ3n) is 5.00. The number of hydrogen-bond acceptors (Lipinski definition) is 4. The number of nitrogens with zero attached hydrogens (tertiary/aromatic N) is 1. The van der Waals surface area contributed by atoms with Crippen LogP contribution in [0.4, 0.5) is 4.39 Å². The minimum absolute atomic E-state index is 0.130. The quantitative estimate of drug-likeness (QED) is 0.535. The number of benzene rings is 2. The van der Waals surface area contributed by atoms with Crippen LogP contribution < -0.4 is 10.6 Å². The molecule has 0 spiro atoms. The summed E-state index contributed by atoms with van der Waals surface area (Å²) in [7, 11) is 3.81. The van der Waals surface area contributed by atoms with Crippen molar-refractivity contribution in [3.8, 4) is 0 Å². The van der Waals surface area contributed by atoms with E-state index in [-0.39, 0.29) is 23.7 Å². The number of carbonyl (C=O) groups excluding carboxylic acids is 2. The molecule has 0 aliphatic carbocycles. The molecule has 2 aromatic carbocycles. The molecule has 162 valence electrons. The van der Waals surface area contributed by atoms with Crippen LogP contribution in [0.2, 0.25) is 0 Å². The third kappa shape index (κ3) is 6.47. The monoisotopic (exact) mass is 439 g/mol. The zero-order chi connectivity index (χ0) is 22.2. The van der Waals surface area contributed by atoms with Crippen LogP contribution in [-0.4, -0.2) is 43.4 Å². The summed E-state index contributed by atoms with van der Waals surface area (Å²) in [5, 5.41) is 7.65. The molecule has 0 bridgehead atoms. The van der Waals surface area contributed by atoms with Gasteiger partial charge in [0.15, 0.2) is 0 Å². The highest BCUT2D eigenvalue weighted by Gasteiger charge is 2.24. The van der Waals surface area contributed by atoms with Crippen molar-refractivity contribution in [2.45, 2.75) is 18.5 Å². The Kier molecular flexibility index (Phi) is 7.92. The highest BCUT2D eigenvalue weighted by molar-refractivity contribution is 7.12. The van der Waals surface area contributed by atoms with Gasteiger partial charge in [0.2, 0.25) is 5.91 Å². The predicted octanol–water partition coefficient (Wildman–Crippen LogP) is 3.65. The van der Waals surface area contributed by atoms with Crippen molar-refractivity contribution in [1.29, 1.82) is 0 Å². The molecule has 2 amide bonds. The Morgan fingerprint density at radius 1 is 1.00 bits per heavy atom. The molecule has 0 saturated heterocycles. The van der Waals surface area contributed by atoms with E-state index < -0.39 is 6.04 Å². The van der Waals surface area contributed by atoms with Crippen LogP contribution in [-0.2, 0) is 11.2 Å². The predicted molar refractivity (Wildman–Crippen MR) is 122 cm³/mol. The molecule has 1 aromatic heterocycles. The SMILES string of the molecule is CN(C)C(CNC(=O)C(Cc1ccccc1)NC(=O)c1cccs1)c1ccc(F)cc1. The molecule has 3 aromatic rings. The normalized spacial score (nSPS) is 12.9. The number of carbonyl (C=O) groups is 2. The summed E-state index contributed by atoms with van der Waals surface area (Å²) >= 11 is 1.33. The van der Waals surface area contributed by atoms with E-state index in [2.05, 4.69) is 10.6 Å². The first-order valence-electron chi connectivity index (χ1n) is 10.0. The van der Waals surface area contributed by atoms with Gasteiger partial charge in [0, 0.05) is 13.0 Å². The Morgan fingerprint density at radius 2 is 1.71 bits per heavy atom. The number of thiophene rings is 1. The lowest BCUT2D eigenvalue weighted by molar-refractivity contribution is -0.123. The van der Waals surface area contributed by atoms with Crippen LogP contribution in [0, 0.1) is 5.82 Å². The van der Waals surface area contributed by atoms with Gasteiger partial charge >= 0.3 is 0 Å². The van der Waals surface area contributed by atoms with Gasteiger partial charge in [-0.3, -0.25) is 9.59 Å². The molecule has 0 radical (unpaired) electrons. The van der Waals surface area contributed by atoms with Gasteiger partial charge in [-0.1, -0.05) is 48.5 Å². The third-order valence-corrected chi connectivity index (χ3v) is 5.87. The molecule has 3 rings (SSSR count). The van der Waals surface area contributed by atoms with E-state index in [1.165, 1.54) is 23.5 Å². The van der Waals surface area contributed by atoms with Gasteiger partial charge in [0.25, 0.3) is 5.91 Å². The van der Waals surface area contributed by atoms with E-state index >= 15 is 0 Å². The zero-order valence-corrected chi connectivity index (χ0v) is 18.4. The molecule has 0 fully saturated rings. The first kappa shape index (κ1) is 22.7. The van der Waals surface area contributed by atoms with Crippen LogP contribution in [0.1, 0.15) is 26.8 Å². The Balaban J connectivity index is 1.71. The van der Waals surface area contributed by atoms with Gasteiger partial charge in [0.1, 0.15) is 11.9 Å². The lowest BCUT2D eigenvalue weighted by atomic mass is 10.0. The Hall–Kier alpha value is -3.03. The summed E-state index contributed by atoms with van der Waals surface area (Å²) in [5.41, 5.74) is 1.85. The van der Waals surface area contributed by atoms with Gasteiger partial charge in [-0.15, -0.1) is 11.3 Å². The number of nitrogens with one attached hydrogen (secondary N) is 2. The second kappa shape index (κ2) is 10.8. The molecule has 1 heterocycles. The van der Waals surface area contributed by atoms with Gasteiger partial charge in [-0.25, -0.2) is 4.39 Å². The van der Waals surface area contributed by atoms with Crippen LogP contribution >= 0.6 is 11.3 Å². The molecule has 2 N–H and O–H groups in total. The van der Waals surface area contributed by atoms with Crippen molar-refractivity contribution in [2.24, 2.45) is 0 Å². The van der Waals surface area contributed by atoms with Crippen molar-refractivity contribution >= 4 is 23.2 Å². The fourth-order valence-corrected chi connectivity index (χ4v) is 3.93. The van der Waals surface area contributed by atoms with Crippen molar-refractivity contribution in [2.75, 3.05) is 20.6 Å². The number of hydrogen-bond donors (Lipinski definition) is 2. The summed E-state index contributed by atoms with van der Waals surface area (Å²) in [6, 6.07) is 18.5. The molecule has 2 atom stereocenters. The molecule has 2 unspecified atom stereocenters. The van der Waals surface area contributed by atoms with Gasteiger partial charge in [-0.2, -0.15) is 0 Å². The number of likely N-dealkylation sites (N-methyl/N-ethyl adjacent to an activating group) is 1. The van der Waals surface area contributed by atoms with E-state index in [4.69, 9.17) is 0 Å². The smallest absolute Gasteiger partial charge is 0.262 e. The van der Waals surface area contributed by atoms with Gasteiger partial charge < -0.3 is 15.5 Å². The van der Waals surface area contributed by atoms with Crippen molar-refractivity contribution in [3.63, 3.8) is 0 Å². The van der Waals surface area contributed by atoms with Crippen molar-refractivity contribution in [1.82, 2.24) is 15.5 Å². The standard InChI is InChI=1S/C24H26FN3O2S/c1-28(2)21(18-10-12-19(25)13-11-18)16-26-23(29)20(15-17-7-4-3-5-8-17)27-24(30)22-9-6-14-31-22/h3-14,20-21H,15-16H2,1-2H3,(H,26,29)(H,27,30). The molecule has 5 nitrogen and oxygen atoms in total. The minimum atomic E-state index is -0.715. The molecular formula is C24H26FN3O2S. The number of rotatable bonds is 9. The van der Waals surface area contributed by atoms with E-state index in [0.29, 0.717) is 17.8 Å². The van der Waals surface area contributed by atoms with Gasteiger partial charge in [-0.05, 0) is 48.8 Å². The average molecular weight is 440 g/mol. The van der Waals surface area contributed by atoms with E-state index in [1.807, 2.05) is 54.7 Å². The van der Waals surface area contributed by atoms with E-state index in [0.717, 1.165) is 11.1 Å². The van der Waals surface area contributed by atoms with Crippen LogP contribution in [0.3, 0.4) is 0 Å². The molecule has 0 aliphatic heterocycles. The fourth-order valence-electron chi connectivity index (χ4n) is 3.30. The zero-order valence-electron chi connectivity index (χ0n) is 17.5. The van der Waals surface area contributed by atoms with E-state index in [1.54, 1.807) is 24.3 Å². The van der Waals surface area contributed by atoms with Crippen molar-refractivity contribution in [3.05, 3.63) is 93.9 Å². The fraction of sp³-hybridized carbons (Fsp3) is 0.250. The molecular weight excluding hydrogens is 413 g/mol. The summed E-state index contributed by atoms with van der Waals surface area (Å²) in [5.74, 6) is -0.832. The Morgan fingerprint density at radius 3 is 2.32 bits per heavy atom. The maximum absolute atomic E-state index is 13.3. The van der Waals surface area contributed by atoms with Crippen LogP contribution in [0.5, 0.6) is 0 Å². The lowest BCUT2D eigenvalue weighted by Gasteiger charge is -2.26. The summed E-state index contributed by atoms with van der Waals surface area (Å²) in [6.07, 6.45) is 0.382. The van der Waals surface area contributed by atoms with Crippen LogP contribution in [0.15, 0.2) is 72.1 Å². The molecule has 7 heteroatoms. The number of halogens is 1. The first-order valence-corrected chi connectivity index (χ1v) is 10.9. The molecule has 31 heavy (non-hydrogen) atoms. The highest BCUT2D eigenvalue weighted by atomic mass is 32.1. The maximum Gasteiger partial charge on any atom is 0.262 e. The molecule has 0 aliphatic rings. The maximum atomic E-state index is 13.3. The van der Waals surface area contributed by atoms with Gasteiger partial charge in [0.05, 0.1) is 10.9 Å². The van der Waals surface area contributed by atoms with Crippen molar-refractivity contribution < 1.29 is 14.0 Å². The summed E-state index contributed by atoms with van der Waals surface area (Å²) in [4.78, 5) is 28.2.